The first-order valence-corrected chi connectivity index (χ1v) is 12.6. The number of esters is 2. The third kappa shape index (κ3) is 2.49. The second kappa shape index (κ2) is 7.11. The van der Waals surface area contributed by atoms with Crippen molar-refractivity contribution >= 4 is 17.7 Å². The van der Waals surface area contributed by atoms with Crippen LogP contribution in [0.5, 0.6) is 0 Å². The summed E-state index contributed by atoms with van der Waals surface area (Å²) in [5, 5.41) is 47.6. The number of rotatable bonds is 3. The molecule has 4 fully saturated rings. The summed E-state index contributed by atoms with van der Waals surface area (Å²) in [6.45, 7) is 5.10. The van der Waals surface area contributed by atoms with Crippen molar-refractivity contribution in [3.8, 4) is 0 Å². The Bertz CT molecular complexity index is 1240. The summed E-state index contributed by atoms with van der Waals surface area (Å²) in [5.74, 6) is -5.82. The van der Waals surface area contributed by atoms with Crippen molar-refractivity contribution in [1.82, 2.24) is 0 Å². The molecule has 4 aliphatic carbocycles. The van der Waals surface area contributed by atoms with E-state index in [1.807, 2.05) is 6.92 Å². The summed E-state index contributed by atoms with van der Waals surface area (Å²) >= 11 is 0. The average Bonchev–Trinajstić information content (AvgIpc) is 3.45. The Hall–Kier alpha value is -2.53. The maximum atomic E-state index is 13.9. The smallest absolute Gasteiger partial charge is 0.335 e. The van der Waals surface area contributed by atoms with Gasteiger partial charge in [-0.3, -0.25) is 4.79 Å². The minimum absolute atomic E-state index is 0.120. The topological polar surface area (TPSA) is 164 Å². The molecule has 0 aromatic carbocycles. The minimum atomic E-state index is -2.04. The molecule has 2 heterocycles. The molecule has 11 atom stereocenters. The fourth-order valence-corrected chi connectivity index (χ4v) is 9.65. The number of hydrogen-bond acceptors (Lipinski definition) is 10. The second-order valence-electron chi connectivity index (χ2n) is 12.3. The monoisotopic (exact) mass is 516 g/mol. The highest BCUT2D eigenvalue weighted by atomic mass is 16.5. The number of carbonyl (C=O) groups excluding carboxylic acids is 3. The second-order valence-corrected chi connectivity index (χ2v) is 12.3. The van der Waals surface area contributed by atoms with Gasteiger partial charge < -0.3 is 34.3 Å². The fourth-order valence-electron chi connectivity index (χ4n) is 9.65. The van der Waals surface area contributed by atoms with Crippen molar-refractivity contribution in [2.24, 2.45) is 34.0 Å². The Labute approximate surface area is 213 Å². The van der Waals surface area contributed by atoms with Crippen LogP contribution < -0.4 is 0 Å². The number of aliphatic hydroxyl groups is 4. The summed E-state index contributed by atoms with van der Waals surface area (Å²) in [6.07, 6.45) is 0.493. The molecule has 4 saturated carbocycles. The van der Waals surface area contributed by atoms with Gasteiger partial charge in [0.25, 0.3) is 0 Å². The van der Waals surface area contributed by atoms with Crippen LogP contribution in [0.1, 0.15) is 51.7 Å². The maximum Gasteiger partial charge on any atom is 0.335 e. The molecular weight excluding hydrogens is 484 g/mol. The molecule has 1 aliphatic heterocycles. The molecule has 0 radical (unpaired) electrons. The molecule has 2 bridgehead atoms. The number of methoxy groups -OCH3 is 1. The summed E-state index contributed by atoms with van der Waals surface area (Å²) in [5.41, 5.74) is -6.72. The molecule has 0 spiro atoms. The lowest BCUT2D eigenvalue weighted by Gasteiger charge is -2.58. The van der Waals surface area contributed by atoms with Crippen LogP contribution in [0.15, 0.2) is 34.7 Å². The Morgan fingerprint density at radius 3 is 2.54 bits per heavy atom. The zero-order chi connectivity index (χ0) is 26.9. The molecule has 200 valence electrons. The van der Waals surface area contributed by atoms with Gasteiger partial charge in [-0.2, -0.15) is 0 Å². The Balaban J connectivity index is 1.59. The number of furan rings is 1. The first kappa shape index (κ1) is 24.8. The molecule has 6 rings (SSSR count). The first-order chi connectivity index (χ1) is 17.2. The number of ether oxygens (including phenoxy) is 2. The van der Waals surface area contributed by atoms with E-state index in [2.05, 4.69) is 0 Å². The third-order valence-corrected chi connectivity index (χ3v) is 11.0. The standard InChI is InChI=1S/C27H32O10/c1-23-7-5-13-25(3)18(17(30)22(32)35-4)24(2)11-26(25,33)19(16(29)20(24)31)27(13,34)14(23)9-15(28)37-21(23)12-6-8-36-10-12/h6,8-10,13,17-21,30-31,33-34H,5,7,11H2,1-4H3/t13-,17+,18+,19+,20-,21+,23-,24-,25-,26+,27-/m1/s1. The molecule has 0 amide bonds. The normalized spacial score (nSPS) is 50.6. The molecule has 5 aliphatic rings. The van der Waals surface area contributed by atoms with Gasteiger partial charge in [0.05, 0.1) is 31.2 Å². The van der Waals surface area contributed by atoms with E-state index in [9.17, 15) is 34.8 Å². The lowest BCUT2D eigenvalue weighted by Crippen LogP contribution is -2.65. The van der Waals surface area contributed by atoms with Gasteiger partial charge in [-0.25, -0.2) is 9.59 Å². The quantitative estimate of drug-likeness (QED) is 0.423. The molecular formula is C27H32O10. The summed E-state index contributed by atoms with van der Waals surface area (Å²) in [4.78, 5) is 39.4. The molecule has 4 N–H and O–H groups in total. The molecule has 0 unspecified atom stereocenters. The van der Waals surface area contributed by atoms with Gasteiger partial charge in [-0.15, -0.1) is 0 Å². The molecule has 37 heavy (non-hydrogen) atoms. The third-order valence-electron chi connectivity index (χ3n) is 11.0. The molecule has 0 saturated heterocycles. The van der Waals surface area contributed by atoms with E-state index in [1.165, 1.54) is 18.6 Å². The summed E-state index contributed by atoms with van der Waals surface area (Å²) in [7, 11) is 1.13. The van der Waals surface area contributed by atoms with E-state index < -0.39 is 81.2 Å². The summed E-state index contributed by atoms with van der Waals surface area (Å²) in [6, 6.07) is 1.67. The number of aliphatic hydroxyl groups excluding tert-OH is 2. The number of fused-ring (bicyclic) bond motifs is 6. The zero-order valence-electron chi connectivity index (χ0n) is 21.1. The number of hydrogen-bond donors (Lipinski definition) is 4. The zero-order valence-corrected chi connectivity index (χ0v) is 21.1. The highest BCUT2D eigenvalue weighted by Gasteiger charge is 2.88. The largest absolute Gasteiger partial charge is 0.472 e. The number of Topliss-reactive ketones (excluding diaryl/α,β-unsaturated/α-hetero) is 1. The maximum absolute atomic E-state index is 13.9. The van der Waals surface area contributed by atoms with Crippen LogP contribution in [0, 0.1) is 34.0 Å². The van der Waals surface area contributed by atoms with Crippen molar-refractivity contribution in [3.05, 3.63) is 35.8 Å². The van der Waals surface area contributed by atoms with Crippen LogP contribution in [0.4, 0.5) is 0 Å². The van der Waals surface area contributed by atoms with Gasteiger partial charge in [0.15, 0.2) is 11.9 Å². The van der Waals surface area contributed by atoms with Crippen LogP contribution >= 0.6 is 0 Å². The van der Waals surface area contributed by atoms with Crippen LogP contribution in [0.3, 0.4) is 0 Å². The molecule has 10 nitrogen and oxygen atoms in total. The lowest BCUT2D eigenvalue weighted by molar-refractivity contribution is -0.189. The van der Waals surface area contributed by atoms with Crippen LogP contribution in [0.25, 0.3) is 0 Å². The Morgan fingerprint density at radius 1 is 1.22 bits per heavy atom. The van der Waals surface area contributed by atoms with E-state index in [0.717, 1.165) is 7.11 Å². The van der Waals surface area contributed by atoms with Crippen molar-refractivity contribution in [1.29, 1.82) is 0 Å². The Morgan fingerprint density at radius 2 is 1.92 bits per heavy atom. The highest BCUT2D eigenvalue weighted by molar-refractivity contribution is 5.94. The van der Waals surface area contributed by atoms with E-state index in [4.69, 9.17) is 13.9 Å². The van der Waals surface area contributed by atoms with Crippen LogP contribution in [-0.4, -0.2) is 68.7 Å². The minimum Gasteiger partial charge on any atom is -0.472 e. The van der Waals surface area contributed by atoms with Crippen molar-refractivity contribution < 1.29 is 48.7 Å². The van der Waals surface area contributed by atoms with E-state index in [0.29, 0.717) is 18.4 Å². The number of carbonyl (C=O) groups is 3. The predicted molar refractivity (Wildman–Crippen MR) is 123 cm³/mol. The van der Waals surface area contributed by atoms with Gasteiger partial charge in [0.1, 0.15) is 17.8 Å². The Kier molecular flexibility index (Phi) is 4.76. The lowest BCUT2D eigenvalue weighted by atomic mass is 9.49. The number of cyclic esters (lactones) is 1. The van der Waals surface area contributed by atoms with Crippen LogP contribution in [-0.2, 0) is 23.9 Å². The van der Waals surface area contributed by atoms with Gasteiger partial charge in [0.2, 0.25) is 0 Å². The van der Waals surface area contributed by atoms with E-state index in [1.54, 1.807) is 19.9 Å². The van der Waals surface area contributed by atoms with Gasteiger partial charge >= 0.3 is 11.9 Å². The van der Waals surface area contributed by atoms with Gasteiger partial charge in [-0.1, -0.05) is 20.8 Å². The van der Waals surface area contributed by atoms with E-state index in [-0.39, 0.29) is 12.0 Å². The SMILES string of the molecule is COC(=O)[C@@H](O)[C@H]1[C@@]2(C)C[C@]3(O)[C@H](C(=O)[C@H]2O)[C@]2(O)C4=CC(=O)O[C@@H](c5ccoc5)[C@]4(C)CC[C@@H]2[C@]13C. The van der Waals surface area contributed by atoms with Gasteiger partial charge in [-0.05, 0) is 30.9 Å². The van der Waals surface area contributed by atoms with Crippen LogP contribution in [0.2, 0.25) is 0 Å². The first-order valence-electron chi connectivity index (χ1n) is 12.6. The molecule has 1 aromatic heterocycles. The highest BCUT2D eigenvalue weighted by Crippen LogP contribution is 2.80. The van der Waals surface area contributed by atoms with Crippen molar-refractivity contribution in [2.75, 3.05) is 7.11 Å². The van der Waals surface area contributed by atoms with Crippen molar-refractivity contribution in [3.63, 3.8) is 0 Å². The molecule has 1 aromatic rings. The predicted octanol–water partition coefficient (Wildman–Crippen LogP) is 0.822. The molecule has 10 heteroatoms. The van der Waals surface area contributed by atoms with Crippen molar-refractivity contribution in [2.45, 2.75) is 69.5 Å². The average molecular weight is 517 g/mol. The fraction of sp³-hybridized carbons (Fsp3) is 0.667. The van der Waals surface area contributed by atoms with E-state index >= 15 is 0 Å². The van der Waals surface area contributed by atoms with Gasteiger partial charge in [0, 0.05) is 39.7 Å². The number of ketones is 1. The summed E-state index contributed by atoms with van der Waals surface area (Å²) < 4.78 is 15.7.